The Hall–Kier alpha value is -4.14. The molecule has 1 aromatic heterocycles. The molecule has 0 bridgehead atoms. The highest BCUT2D eigenvalue weighted by atomic mass is 16.5. The van der Waals surface area contributed by atoms with Gasteiger partial charge in [-0.3, -0.25) is 19.6 Å². The standard InChI is InChI=1S/C26H28N4O5/c1-29(13-7-6-12-25(32)33)24(31)16-30-15-18(14-27-30)28-26(34)35-17-23-21-10-4-2-8-19(21)20-9-3-5-11-22(20)23/h2-5,8-11,14-15,23H,6-7,12-13,16-17H2,1H3,(H,28,34)(H,32,33). The van der Waals surface area contributed by atoms with Gasteiger partial charge in [0.05, 0.1) is 11.9 Å². The molecule has 4 rings (SSSR count). The van der Waals surface area contributed by atoms with Gasteiger partial charge in [0.1, 0.15) is 13.2 Å². The first-order chi connectivity index (χ1) is 16.9. The lowest BCUT2D eigenvalue weighted by Crippen LogP contribution is -2.31. The number of hydrogen-bond donors (Lipinski definition) is 2. The summed E-state index contributed by atoms with van der Waals surface area (Å²) in [5.41, 5.74) is 5.03. The average molecular weight is 477 g/mol. The molecule has 182 valence electrons. The van der Waals surface area contributed by atoms with Crippen LogP contribution in [0.2, 0.25) is 0 Å². The number of aromatic nitrogens is 2. The number of benzene rings is 2. The van der Waals surface area contributed by atoms with Crippen LogP contribution in [0.25, 0.3) is 11.1 Å². The molecule has 0 saturated carbocycles. The van der Waals surface area contributed by atoms with Crippen molar-refractivity contribution in [1.29, 1.82) is 0 Å². The Morgan fingerprint density at radius 3 is 2.37 bits per heavy atom. The summed E-state index contributed by atoms with van der Waals surface area (Å²) in [4.78, 5) is 36.9. The maximum atomic E-state index is 12.4. The van der Waals surface area contributed by atoms with Crippen molar-refractivity contribution < 1.29 is 24.2 Å². The van der Waals surface area contributed by atoms with Crippen molar-refractivity contribution in [2.24, 2.45) is 0 Å². The van der Waals surface area contributed by atoms with Crippen LogP contribution in [0.5, 0.6) is 0 Å². The van der Waals surface area contributed by atoms with E-state index in [2.05, 4.69) is 34.7 Å². The summed E-state index contributed by atoms with van der Waals surface area (Å²) >= 11 is 0. The van der Waals surface area contributed by atoms with Crippen molar-refractivity contribution in [3.63, 3.8) is 0 Å². The molecule has 0 aliphatic heterocycles. The van der Waals surface area contributed by atoms with Crippen LogP contribution in [0.1, 0.15) is 36.3 Å². The van der Waals surface area contributed by atoms with Crippen LogP contribution in [-0.4, -0.2) is 58.0 Å². The van der Waals surface area contributed by atoms with Gasteiger partial charge in [0, 0.05) is 32.1 Å². The van der Waals surface area contributed by atoms with E-state index in [0.29, 0.717) is 25.1 Å². The van der Waals surface area contributed by atoms with E-state index < -0.39 is 12.1 Å². The molecule has 2 amide bonds. The van der Waals surface area contributed by atoms with Gasteiger partial charge in [0.15, 0.2) is 0 Å². The van der Waals surface area contributed by atoms with E-state index >= 15 is 0 Å². The number of carboxylic acids is 1. The number of amides is 2. The summed E-state index contributed by atoms with van der Waals surface area (Å²) in [5, 5.41) is 15.5. The van der Waals surface area contributed by atoms with Crippen molar-refractivity contribution in [2.75, 3.05) is 25.5 Å². The molecular weight excluding hydrogens is 448 g/mol. The summed E-state index contributed by atoms with van der Waals surface area (Å²) in [6.45, 7) is 0.694. The highest BCUT2D eigenvalue weighted by molar-refractivity contribution is 5.85. The van der Waals surface area contributed by atoms with Gasteiger partial charge < -0.3 is 14.7 Å². The molecule has 9 nitrogen and oxygen atoms in total. The largest absolute Gasteiger partial charge is 0.481 e. The van der Waals surface area contributed by atoms with Crippen LogP contribution in [0, 0.1) is 0 Å². The summed E-state index contributed by atoms with van der Waals surface area (Å²) in [5.74, 6) is -1.03. The molecule has 35 heavy (non-hydrogen) atoms. The van der Waals surface area contributed by atoms with Gasteiger partial charge in [-0.25, -0.2) is 4.79 Å². The van der Waals surface area contributed by atoms with Gasteiger partial charge >= 0.3 is 12.1 Å². The van der Waals surface area contributed by atoms with E-state index in [1.165, 1.54) is 10.9 Å². The third-order valence-electron chi connectivity index (χ3n) is 6.08. The highest BCUT2D eigenvalue weighted by Gasteiger charge is 2.29. The van der Waals surface area contributed by atoms with Crippen LogP contribution >= 0.6 is 0 Å². The van der Waals surface area contributed by atoms with Crippen molar-refractivity contribution in [3.8, 4) is 11.1 Å². The van der Waals surface area contributed by atoms with E-state index in [1.807, 2.05) is 24.3 Å². The van der Waals surface area contributed by atoms with Crippen molar-refractivity contribution >= 4 is 23.7 Å². The van der Waals surface area contributed by atoms with E-state index in [0.717, 1.165) is 22.3 Å². The highest BCUT2D eigenvalue weighted by Crippen LogP contribution is 2.44. The summed E-state index contributed by atoms with van der Waals surface area (Å²) in [7, 11) is 1.67. The first-order valence-corrected chi connectivity index (χ1v) is 11.5. The molecule has 0 fully saturated rings. The number of carboxylic acid groups (broad SMARTS) is 1. The number of nitrogens with one attached hydrogen (secondary N) is 1. The van der Waals surface area contributed by atoms with Crippen LogP contribution in [0.15, 0.2) is 60.9 Å². The van der Waals surface area contributed by atoms with Gasteiger partial charge in [-0.1, -0.05) is 48.5 Å². The number of nitrogens with zero attached hydrogens (tertiary/aromatic N) is 3. The lowest BCUT2D eigenvalue weighted by Gasteiger charge is -2.16. The molecule has 0 saturated heterocycles. The van der Waals surface area contributed by atoms with E-state index in [1.54, 1.807) is 18.1 Å². The molecule has 1 aliphatic rings. The first-order valence-electron chi connectivity index (χ1n) is 11.5. The minimum absolute atomic E-state index is 0.0157. The Labute approximate surface area is 203 Å². The Morgan fingerprint density at radius 2 is 1.71 bits per heavy atom. The van der Waals surface area contributed by atoms with Crippen molar-refractivity contribution in [2.45, 2.75) is 31.7 Å². The molecule has 0 unspecified atom stereocenters. The van der Waals surface area contributed by atoms with Crippen molar-refractivity contribution in [1.82, 2.24) is 14.7 Å². The molecule has 2 aromatic carbocycles. The smallest absolute Gasteiger partial charge is 0.411 e. The number of likely N-dealkylation sites (N-methyl/N-ethyl adjacent to an activating group) is 1. The molecule has 9 heteroatoms. The van der Waals surface area contributed by atoms with Gasteiger partial charge in [-0.2, -0.15) is 5.10 Å². The Kier molecular flexibility index (Phi) is 7.45. The lowest BCUT2D eigenvalue weighted by atomic mass is 9.98. The van der Waals surface area contributed by atoms with Crippen LogP contribution in [0.3, 0.4) is 0 Å². The van der Waals surface area contributed by atoms with Gasteiger partial charge in [-0.05, 0) is 35.1 Å². The zero-order chi connectivity index (χ0) is 24.8. The van der Waals surface area contributed by atoms with E-state index in [9.17, 15) is 14.4 Å². The van der Waals surface area contributed by atoms with E-state index in [-0.39, 0.29) is 31.4 Å². The zero-order valence-electron chi connectivity index (χ0n) is 19.5. The quantitative estimate of drug-likeness (QED) is 0.428. The minimum atomic E-state index is -0.841. The first kappa shape index (κ1) is 24.0. The normalized spacial score (nSPS) is 12.0. The second kappa shape index (κ2) is 10.9. The Balaban J connectivity index is 1.27. The van der Waals surface area contributed by atoms with Gasteiger partial charge in [0.2, 0.25) is 5.91 Å². The molecule has 1 aliphatic carbocycles. The second-order valence-corrected chi connectivity index (χ2v) is 8.54. The number of aliphatic carboxylic acids is 1. The average Bonchev–Trinajstić information content (AvgIpc) is 3.42. The van der Waals surface area contributed by atoms with E-state index in [4.69, 9.17) is 9.84 Å². The van der Waals surface area contributed by atoms with Gasteiger partial charge in [0.25, 0.3) is 0 Å². The molecule has 0 spiro atoms. The second-order valence-electron chi connectivity index (χ2n) is 8.54. The monoisotopic (exact) mass is 476 g/mol. The summed E-state index contributed by atoms with van der Waals surface area (Å²) in [6.07, 6.45) is 3.66. The number of rotatable bonds is 10. The molecule has 1 heterocycles. The predicted molar refractivity (Wildman–Crippen MR) is 130 cm³/mol. The molecular formula is C26H28N4O5. The fourth-order valence-corrected chi connectivity index (χ4v) is 4.28. The number of carbonyl (C=O) groups excluding carboxylic acids is 2. The summed E-state index contributed by atoms with van der Waals surface area (Å²) < 4.78 is 6.98. The topological polar surface area (TPSA) is 114 Å². The third-order valence-corrected chi connectivity index (χ3v) is 6.08. The number of ether oxygens (including phenoxy) is 1. The fraction of sp³-hybridized carbons (Fsp3) is 0.308. The van der Waals surface area contributed by atoms with Crippen LogP contribution in [0.4, 0.5) is 10.5 Å². The van der Waals surface area contributed by atoms with Crippen LogP contribution < -0.4 is 5.32 Å². The molecule has 0 radical (unpaired) electrons. The number of fused-ring (bicyclic) bond motifs is 3. The summed E-state index contributed by atoms with van der Waals surface area (Å²) in [6, 6.07) is 16.3. The minimum Gasteiger partial charge on any atom is -0.481 e. The molecule has 3 aromatic rings. The zero-order valence-corrected chi connectivity index (χ0v) is 19.5. The lowest BCUT2D eigenvalue weighted by molar-refractivity contribution is -0.137. The van der Waals surface area contributed by atoms with Crippen molar-refractivity contribution in [3.05, 3.63) is 72.1 Å². The maximum absolute atomic E-state index is 12.4. The molecule has 0 atom stereocenters. The Bertz CT molecular complexity index is 1180. The predicted octanol–water partition coefficient (Wildman–Crippen LogP) is 3.96. The number of carbonyl (C=O) groups is 3. The number of unbranched alkanes of at least 4 members (excludes halogenated alkanes) is 1. The number of hydrogen-bond acceptors (Lipinski definition) is 5. The SMILES string of the molecule is CN(CCCCC(=O)O)C(=O)Cn1cc(NC(=O)OCC2c3ccccc3-c3ccccc32)cn1. The molecule has 2 N–H and O–H groups in total. The fourth-order valence-electron chi connectivity index (χ4n) is 4.28. The third kappa shape index (κ3) is 5.87. The van der Waals surface area contributed by atoms with Crippen LogP contribution in [-0.2, 0) is 20.9 Å². The van der Waals surface area contributed by atoms with Gasteiger partial charge in [-0.15, -0.1) is 0 Å². The number of anilines is 1. The maximum Gasteiger partial charge on any atom is 0.411 e. The Morgan fingerprint density at radius 1 is 1.06 bits per heavy atom.